The second kappa shape index (κ2) is 10.0. The number of hydrogen-bond donors (Lipinski definition) is 1. The summed E-state index contributed by atoms with van der Waals surface area (Å²) in [4.78, 5) is 27.1. The SMILES string of the molecule is CC[C@H](CNC(=O)CN1CCN(c2ccc([N+](=O)[O-])cc2)CC1)c1ccccc1. The van der Waals surface area contributed by atoms with Gasteiger partial charge in [0, 0.05) is 56.5 Å². The number of nitro groups is 1. The van der Waals surface area contributed by atoms with Crippen LogP contribution in [0.25, 0.3) is 0 Å². The topological polar surface area (TPSA) is 78.7 Å². The first kappa shape index (κ1) is 20.8. The van der Waals surface area contributed by atoms with E-state index < -0.39 is 0 Å². The van der Waals surface area contributed by atoms with Crippen molar-refractivity contribution in [2.75, 3.05) is 44.2 Å². The van der Waals surface area contributed by atoms with Crippen LogP contribution in [0, 0.1) is 10.1 Å². The van der Waals surface area contributed by atoms with Gasteiger partial charge in [-0.2, -0.15) is 0 Å². The van der Waals surface area contributed by atoms with Gasteiger partial charge in [-0.25, -0.2) is 0 Å². The molecule has 29 heavy (non-hydrogen) atoms. The second-order valence-electron chi connectivity index (χ2n) is 7.36. The number of benzene rings is 2. The fraction of sp³-hybridized carbons (Fsp3) is 0.409. The number of non-ortho nitro benzene ring substituents is 1. The lowest BCUT2D eigenvalue weighted by Gasteiger charge is -2.35. The van der Waals surface area contributed by atoms with Crippen molar-refractivity contribution >= 4 is 17.3 Å². The Kier molecular flexibility index (Phi) is 7.19. The fourth-order valence-corrected chi connectivity index (χ4v) is 3.67. The van der Waals surface area contributed by atoms with E-state index >= 15 is 0 Å². The number of nitro benzene ring substituents is 1. The van der Waals surface area contributed by atoms with Crippen molar-refractivity contribution in [3.8, 4) is 0 Å². The van der Waals surface area contributed by atoms with Gasteiger partial charge < -0.3 is 10.2 Å². The summed E-state index contributed by atoms with van der Waals surface area (Å²) in [5.74, 6) is 0.391. The molecule has 7 heteroatoms. The molecule has 0 spiro atoms. The minimum absolute atomic E-state index is 0.0585. The maximum absolute atomic E-state index is 12.4. The Bertz CT molecular complexity index is 803. The normalized spacial score (nSPS) is 15.7. The molecule has 0 bridgehead atoms. The van der Waals surface area contributed by atoms with E-state index in [0.29, 0.717) is 19.0 Å². The van der Waals surface area contributed by atoms with Gasteiger partial charge >= 0.3 is 0 Å². The summed E-state index contributed by atoms with van der Waals surface area (Å²) in [6, 6.07) is 16.9. The van der Waals surface area contributed by atoms with Crippen LogP contribution in [0.1, 0.15) is 24.8 Å². The lowest BCUT2D eigenvalue weighted by molar-refractivity contribution is -0.384. The van der Waals surface area contributed by atoms with Gasteiger partial charge in [-0.15, -0.1) is 0 Å². The van der Waals surface area contributed by atoms with Crippen LogP contribution in [0.15, 0.2) is 54.6 Å². The molecule has 2 aromatic carbocycles. The Balaban J connectivity index is 1.43. The standard InChI is InChI=1S/C22H28N4O3/c1-2-18(19-6-4-3-5-7-19)16-23-22(27)17-24-12-14-25(15-13-24)20-8-10-21(11-9-20)26(28)29/h3-11,18H,2,12-17H2,1H3,(H,23,27)/t18-/m1/s1. The third kappa shape index (κ3) is 5.77. The summed E-state index contributed by atoms with van der Waals surface area (Å²) in [6.45, 7) is 6.38. The molecular weight excluding hydrogens is 368 g/mol. The molecule has 0 saturated carbocycles. The Hall–Kier alpha value is -2.93. The highest BCUT2D eigenvalue weighted by atomic mass is 16.6. The lowest BCUT2D eigenvalue weighted by atomic mass is 9.96. The van der Waals surface area contributed by atoms with Crippen molar-refractivity contribution in [3.63, 3.8) is 0 Å². The van der Waals surface area contributed by atoms with Gasteiger partial charge in [-0.1, -0.05) is 37.3 Å². The third-order valence-electron chi connectivity index (χ3n) is 5.47. The molecule has 1 aliphatic rings. The number of piperazine rings is 1. The molecule has 0 aromatic heterocycles. The number of amides is 1. The molecule has 1 fully saturated rings. The van der Waals surface area contributed by atoms with Crippen LogP contribution in [0.5, 0.6) is 0 Å². The molecule has 7 nitrogen and oxygen atoms in total. The smallest absolute Gasteiger partial charge is 0.269 e. The highest BCUT2D eigenvalue weighted by molar-refractivity contribution is 5.78. The second-order valence-corrected chi connectivity index (χ2v) is 7.36. The number of carbonyl (C=O) groups excluding carboxylic acids is 1. The number of hydrogen-bond acceptors (Lipinski definition) is 5. The maximum Gasteiger partial charge on any atom is 0.269 e. The lowest BCUT2D eigenvalue weighted by Crippen LogP contribution is -2.49. The Morgan fingerprint density at radius 3 is 2.31 bits per heavy atom. The minimum Gasteiger partial charge on any atom is -0.369 e. The first-order chi connectivity index (χ1) is 14.1. The predicted molar refractivity (Wildman–Crippen MR) is 114 cm³/mol. The Morgan fingerprint density at radius 1 is 1.07 bits per heavy atom. The molecule has 1 aliphatic heterocycles. The number of carbonyl (C=O) groups is 1. The quantitative estimate of drug-likeness (QED) is 0.548. The zero-order chi connectivity index (χ0) is 20.6. The van der Waals surface area contributed by atoms with E-state index in [9.17, 15) is 14.9 Å². The molecule has 154 valence electrons. The Labute approximate surface area is 171 Å². The molecule has 1 saturated heterocycles. The number of anilines is 1. The van der Waals surface area contributed by atoms with Crippen LogP contribution in [-0.2, 0) is 4.79 Å². The van der Waals surface area contributed by atoms with Crippen LogP contribution in [-0.4, -0.2) is 55.0 Å². The largest absolute Gasteiger partial charge is 0.369 e. The summed E-state index contributed by atoms with van der Waals surface area (Å²) in [6.07, 6.45) is 0.984. The monoisotopic (exact) mass is 396 g/mol. The van der Waals surface area contributed by atoms with Gasteiger partial charge in [0.25, 0.3) is 5.69 Å². The van der Waals surface area contributed by atoms with Crippen LogP contribution in [0.2, 0.25) is 0 Å². The number of nitrogens with one attached hydrogen (secondary N) is 1. The summed E-state index contributed by atoms with van der Waals surface area (Å²) in [5, 5.41) is 13.9. The molecular formula is C22H28N4O3. The van der Waals surface area contributed by atoms with E-state index in [1.54, 1.807) is 12.1 Å². The van der Waals surface area contributed by atoms with Gasteiger partial charge in [-0.05, 0) is 24.1 Å². The Morgan fingerprint density at radius 2 is 1.72 bits per heavy atom. The molecule has 2 aromatic rings. The van der Waals surface area contributed by atoms with Crippen molar-refractivity contribution < 1.29 is 9.72 Å². The molecule has 0 aliphatic carbocycles. The first-order valence-corrected chi connectivity index (χ1v) is 10.1. The van der Waals surface area contributed by atoms with E-state index in [1.165, 1.54) is 17.7 Å². The average Bonchev–Trinajstić information content (AvgIpc) is 2.75. The van der Waals surface area contributed by atoms with E-state index in [2.05, 4.69) is 34.2 Å². The molecule has 0 radical (unpaired) electrons. The van der Waals surface area contributed by atoms with Crippen LogP contribution >= 0.6 is 0 Å². The number of rotatable bonds is 8. The third-order valence-corrected chi connectivity index (χ3v) is 5.47. The zero-order valence-corrected chi connectivity index (χ0v) is 16.8. The van der Waals surface area contributed by atoms with Crippen molar-refractivity contribution in [3.05, 3.63) is 70.3 Å². The highest BCUT2D eigenvalue weighted by Gasteiger charge is 2.20. The highest BCUT2D eigenvalue weighted by Crippen LogP contribution is 2.21. The summed E-state index contributed by atoms with van der Waals surface area (Å²) >= 11 is 0. The van der Waals surface area contributed by atoms with Gasteiger partial charge in [0.15, 0.2) is 0 Å². The fourth-order valence-electron chi connectivity index (χ4n) is 3.67. The predicted octanol–water partition coefficient (Wildman–Crippen LogP) is 3.03. The first-order valence-electron chi connectivity index (χ1n) is 10.1. The van der Waals surface area contributed by atoms with E-state index in [0.717, 1.165) is 38.3 Å². The summed E-state index contributed by atoms with van der Waals surface area (Å²) < 4.78 is 0. The molecule has 0 unspecified atom stereocenters. The average molecular weight is 396 g/mol. The molecule has 1 heterocycles. The van der Waals surface area contributed by atoms with Crippen molar-refractivity contribution in [2.45, 2.75) is 19.3 Å². The minimum atomic E-state index is -0.388. The molecule has 1 amide bonds. The maximum atomic E-state index is 12.4. The zero-order valence-electron chi connectivity index (χ0n) is 16.8. The van der Waals surface area contributed by atoms with Crippen LogP contribution in [0.4, 0.5) is 11.4 Å². The van der Waals surface area contributed by atoms with Gasteiger partial charge in [-0.3, -0.25) is 19.8 Å². The van der Waals surface area contributed by atoms with Crippen molar-refractivity contribution in [1.82, 2.24) is 10.2 Å². The van der Waals surface area contributed by atoms with Crippen molar-refractivity contribution in [1.29, 1.82) is 0 Å². The molecule has 1 N–H and O–H groups in total. The summed E-state index contributed by atoms with van der Waals surface area (Å²) in [5.41, 5.74) is 2.34. The van der Waals surface area contributed by atoms with E-state index in [-0.39, 0.29) is 16.5 Å². The van der Waals surface area contributed by atoms with Gasteiger partial charge in [0.05, 0.1) is 11.5 Å². The van der Waals surface area contributed by atoms with Crippen LogP contribution < -0.4 is 10.2 Å². The van der Waals surface area contributed by atoms with Gasteiger partial charge in [0.1, 0.15) is 0 Å². The number of nitrogens with zero attached hydrogens (tertiary/aromatic N) is 3. The molecule has 3 rings (SSSR count). The van der Waals surface area contributed by atoms with E-state index in [4.69, 9.17) is 0 Å². The van der Waals surface area contributed by atoms with Gasteiger partial charge in [0.2, 0.25) is 5.91 Å². The molecule has 1 atom stereocenters. The summed E-state index contributed by atoms with van der Waals surface area (Å²) in [7, 11) is 0. The van der Waals surface area contributed by atoms with E-state index in [1.807, 2.05) is 18.2 Å². The van der Waals surface area contributed by atoms with Crippen LogP contribution in [0.3, 0.4) is 0 Å². The van der Waals surface area contributed by atoms with Crippen molar-refractivity contribution in [2.24, 2.45) is 0 Å².